The first-order valence-electron chi connectivity index (χ1n) is 9.34. The Morgan fingerprint density at radius 1 is 1.11 bits per heavy atom. The molecule has 0 bridgehead atoms. The van der Waals surface area contributed by atoms with Gasteiger partial charge in [0.1, 0.15) is 5.57 Å². The molecule has 4 rings (SSSR count). The predicted octanol–water partition coefficient (Wildman–Crippen LogP) is 3.04. The fraction of sp³-hybridized carbons (Fsp3) is 0.227. The van der Waals surface area contributed by atoms with Gasteiger partial charge in [0, 0.05) is 18.8 Å². The number of imide groups is 2. The smallest absolute Gasteiger partial charge is 0.335 e. The molecule has 0 spiro atoms. The summed E-state index contributed by atoms with van der Waals surface area (Å²) in [5, 5.41) is 2.27. The highest BCUT2D eigenvalue weighted by Crippen LogP contribution is 2.30. The van der Waals surface area contributed by atoms with E-state index in [4.69, 9.17) is 0 Å². The van der Waals surface area contributed by atoms with Crippen LogP contribution in [0.15, 0.2) is 48.0 Å². The zero-order chi connectivity index (χ0) is 19.8. The number of fused-ring (bicyclic) bond motifs is 1. The lowest BCUT2D eigenvalue weighted by Crippen LogP contribution is -2.54. The maximum absolute atomic E-state index is 13.0. The number of carbonyl (C=O) groups excluding carboxylic acids is 3. The van der Waals surface area contributed by atoms with Crippen molar-refractivity contribution in [3.63, 3.8) is 0 Å². The average molecular weight is 375 g/mol. The van der Waals surface area contributed by atoms with Gasteiger partial charge in [0.15, 0.2) is 0 Å². The highest BCUT2D eigenvalue weighted by Gasteiger charge is 2.36. The molecule has 0 saturated carbocycles. The second kappa shape index (κ2) is 6.96. The molecule has 2 aromatic rings. The number of urea groups is 1. The van der Waals surface area contributed by atoms with Crippen molar-refractivity contribution in [2.24, 2.45) is 0 Å². The van der Waals surface area contributed by atoms with Gasteiger partial charge in [-0.1, -0.05) is 18.2 Å². The van der Waals surface area contributed by atoms with E-state index in [1.54, 1.807) is 24.3 Å². The number of carbonyl (C=O) groups is 3. The van der Waals surface area contributed by atoms with E-state index in [1.807, 2.05) is 31.2 Å². The summed E-state index contributed by atoms with van der Waals surface area (Å²) in [6.07, 6.45) is 2.50. The van der Waals surface area contributed by atoms with Crippen molar-refractivity contribution >= 4 is 35.3 Å². The van der Waals surface area contributed by atoms with Gasteiger partial charge in [0.05, 0.1) is 5.69 Å². The van der Waals surface area contributed by atoms with Crippen LogP contribution in [-0.4, -0.2) is 30.9 Å². The second-order valence-electron chi connectivity index (χ2n) is 7.01. The molecule has 28 heavy (non-hydrogen) atoms. The van der Waals surface area contributed by atoms with Crippen molar-refractivity contribution in [2.45, 2.75) is 20.3 Å². The Kier molecular flexibility index (Phi) is 4.47. The first kappa shape index (κ1) is 18.0. The SMILES string of the molecule is CCN1CCc2cc(C=C3C(=O)NC(=O)N(c4cccc(C)c4)C3=O)ccc21. The molecule has 6 heteroatoms. The van der Waals surface area contributed by atoms with Crippen LogP contribution in [0.1, 0.15) is 23.6 Å². The normalized spacial score (nSPS) is 17.9. The van der Waals surface area contributed by atoms with Crippen LogP contribution in [0.25, 0.3) is 6.08 Å². The number of rotatable bonds is 3. The molecule has 1 fully saturated rings. The molecule has 0 radical (unpaired) electrons. The number of amides is 4. The summed E-state index contributed by atoms with van der Waals surface area (Å²) in [6, 6.07) is 12.2. The molecule has 0 unspecified atom stereocenters. The van der Waals surface area contributed by atoms with Crippen molar-refractivity contribution in [2.75, 3.05) is 22.9 Å². The van der Waals surface area contributed by atoms with E-state index < -0.39 is 17.8 Å². The van der Waals surface area contributed by atoms with E-state index in [1.165, 1.54) is 11.3 Å². The first-order valence-corrected chi connectivity index (χ1v) is 9.34. The monoisotopic (exact) mass is 375 g/mol. The van der Waals surface area contributed by atoms with E-state index in [0.29, 0.717) is 5.69 Å². The van der Waals surface area contributed by atoms with Crippen LogP contribution >= 0.6 is 0 Å². The van der Waals surface area contributed by atoms with Crippen LogP contribution in [0.2, 0.25) is 0 Å². The van der Waals surface area contributed by atoms with Gasteiger partial charge < -0.3 is 4.90 Å². The molecule has 4 amide bonds. The molecule has 2 heterocycles. The van der Waals surface area contributed by atoms with Crippen LogP contribution in [0, 0.1) is 6.92 Å². The Labute approximate surface area is 163 Å². The van der Waals surface area contributed by atoms with E-state index in [0.717, 1.165) is 35.5 Å². The summed E-state index contributed by atoms with van der Waals surface area (Å²) < 4.78 is 0. The molecule has 0 aliphatic carbocycles. The van der Waals surface area contributed by atoms with E-state index in [2.05, 4.69) is 17.1 Å². The first-order chi connectivity index (χ1) is 13.5. The van der Waals surface area contributed by atoms with Gasteiger partial charge in [0.2, 0.25) is 0 Å². The highest BCUT2D eigenvalue weighted by molar-refractivity contribution is 6.39. The molecular formula is C22H21N3O3. The lowest BCUT2D eigenvalue weighted by molar-refractivity contribution is -0.122. The molecule has 1 saturated heterocycles. The van der Waals surface area contributed by atoms with Crippen molar-refractivity contribution in [1.82, 2.24) is 5.32 Å². The molecular weight excluding hydrogens is 354 g/mol. The molecule has 1 N–H and O–H groups in total. The lowest BCUT2D eigenvalue weighted by Gasteiger charge is -2.26. The van der Waals surface area contributed by atoms with Crippen molar-refractivity contribution < 1.29 is 14.4 Å². The fourth-order valence-electron chi connectivity index (χ4n) is 3.73. The summed E-state index contributed by atoms with van der Waals surface area (Å²) in [5.74, 6) is -1.29. The molecule has 6 nitrogen and oxygen atoms in total. The second-order valence-corrected chi connectivity index (χ2v) is 7.01. The third-order valence-electron chi connectivity index (χ3n) is 5.15. The number of nitrogens with zero attached hydrogens (tertiary/aromatic N) is 2. The minimum absolute atomic E-state index is 0.0496. The van der Waals surface area contributed by atoms with Gasteiger partial charge in [-0.25, -0.2) is 9.69 Å². The van der Waals surface area contributed by atoms with Gasteiger partial charge in [-0.2, -0.15) is 0 Å². The van der Waals surface area contributed by atoms with Gasteiger partial charge in [-0.3, -0.25) is 14.9 Å². The van der Waals surface area contributed by atoms with E-state index in [-0.39, 0.29) is 5.57 Å². The number of aryl methyl sites for hydroxylation is 1. The summed E-state index contributed by atoms with van der Waals surface area (Å²) in [7, 11) is 0. The lowest BCUT2D eigenvalue weighted by atomic mass is 10.0. The van der Waals surface area contributed by atoms with Gasteiger partial charge in [-0.05, 0) is 67.3 Å². The van der Waals surface area contributed by atoms with Crippen molar-refractivity contribution in [1.29, 1.82) is 0 Å². The molecule has 142 valence electrons. The van der Waals surface area contributed by atoms with Crippen LogP contribution in [0.3, 0.4) is 0 Å². The Balaban J connectivity index is 1.70. The van der Waals surface area contributed by atoms with Crippen molar-refractivity contribution in [3.05, 3.63) is 64.7 Å². The van der Waals surface area contributed by atoms with Crippen LogP contribution in [-0.2, 0) is 16.0 Å². The Bertz CT molecular complexity index is 1030. The maximum Gasteiger partial charge on any atom is 0.335 e. The number of anilines is 2. The molecule has 2 aliphatic rings. The van der Waals surface area contributed by atoms with Crippen molar-refractivity contribution in [3.8, 4) is 0 Å². The van der Waals surface area contributed by atoms with E-state index in [9.17, 15) is 14.4 Å². The number of hydrogen-bond acceptors (Lipinski definition) is 4. The standard InChI is InChI=1S/C22H21N3O3/c1-3-24-10-9-16-12-15(7-8-19(16)24)13-18-20(26)23-22(28)25(21(18)27)17-6-4-5-14(2)11-17/h4-8,11-13H,3,9-10H2,1-2H3,(H,23,26,28). The summed E-state index contributed by atoms with van der Waals surface area (Å²) in [6.45, 7) is 5.91. The molecule has 0 atom stereocenters. The van der Waals surface area contributed by atoms with E-state index >= 15 is 0 Å². The molecule has 2 aliphatic heterocycles. The van der Waals surface area contributed by atoms with Crippen LogP contribution < -0.4 is 15.1 Å². The molecule has 0 aromatic heterocycles. The van der Waals surface area contributed by atoms with Gasteiger partial charge >= 0.3 is 6.03 Å². The topological polar surface area (TPSA) is 69.7 Å². The third-order valence-corrected chi connectivity index (χ3v) is 5.15. The number of hydrogen-bond donors (Lipinski definition) is 1. The fourth-order valence-corrected chi connectivity index (χ4v) is 3.73. The Hall–Kier alpha value is -3.41. The number of likely N-dealkylation sites (N-methyl/N-ethyl adjacent to an activating group) is 1. The zero-order valence-electron chi connectivity index (χ0n) is 15.9. The third kappa shape index (κ3) is 3.07. The summed E-state index contributed by atoms with van der Waals surface area (Å²) >= 11 is 0. The Morgan fingerprint density at radius 2 is 1.93 bits per heavy atom. The van der Waals surface area contributed by atoms with Crippen LogP contribution in [0.5, 0.6) is 0 Å². The van der Waals surface area contributed by atoms with Gasteiger partial charge in [-0.15, -0.1) is 0 Å². The number of barbiturate groups is 1. The van der Waals surface area contributed by atoms with Crippen LogP contribution in [0.4, 0.5) is 16.2 Å². The minimum atomic E-state index is -0.731. The highest BCUT2D eigenvalue weighted by atomic mass is 16.2. The summed E-state index contributed by atoms with van der Waals surface area (Å²) in [5.41, 5.74) is 4.47. The quantitative estimate of drug-likeness (QED) is 0.661. The zero-order valence-corrected chi connectivity index (χ0v) is 15.9. The number of benzene rings is 2. The predicted molar refractivity (Wildman–Crippen MR) is 108 cm³/mol. The average Bonchev–Trinajstić information content (AvgIpc) is 3.07. The largest absolute Gasteiger partial charge is 0.371 e. The van der Waals surface area contributed by atoms with Gasteiger partial charge in [0.25, 0.3) is 11.8 Å². The summed E-state index contributed by atoms with van der Waals surface area (Å²) in [4.78, 5) is 40.9. The minimum Gasteiger partial charge on any atom is -0.371 e. The Morgan fingerprint density at radius 3 is 2.68 bits per heavy atom. The maximum atomic E-state index is 13.0. The molecule has 2 aromatic carbocycles. The number of nitrogens with one attached hydrogen (secondary N) is 1.